The van der Waals surface area contributed by atoms with E-state index in [0.29, 0.717) is 12.5 Å². The maximum absolute atomic E-state index is 13.6. The van der Waals surface area contributed by atoms with E-state index in [0.717, 1.165) is 12.1 Å². The van der Waals surface area contributed by atoms with Crippen LogP contribution in [0.25, 0.3) is 0 Å². The minimum Gasteiger partial charge on any atom is -0.258 e. The summed E-state index contributed by atoms with van der Waals surface area (Å²) in [6.45, 7) is 1.72. The van der Waals surface area contributed by atoms with Gasteiger partial charge in [0.25, 0.3) is 5.69 Å². The van der Waals surface area contributed by atoms with Crippen molar-refractivity contribution >= 4 is 15.7 Å². The second-order valence-corrected chi connectivity index (χ2v) is 5.69. The molecule has 1 aromatic carbocycles. The standard InChI is InChI=1S/C12H13FN2O4S/c1-3-5-9(4-2)14-20(18,19)12-8-10(15(16)17)6-7-11(12)13/h1,6-9,14H,4-5H2,2H3. The van der Waals surface area contributed by atoms with Crippen molar-refractivity contribution in [2.75, 3.05) is 0 Å². The second kappa shape index (κ2) is 6.45. The maximum Gasteiger partial charge on any atom is 0.270 e. The molecular formula is C12H13FN2O4S. The highest BCUT2D eigenvalue weighted by Gasteiger charge is 2.24. The summed E-state index contributed by atoms with van der Waals surface area (Å²) in [6, 6.07) is 1.77. The number of sulfonamides is 1. The first-order valence-electron chi connectivity index (χ1n) is 5.71. The molecule has 8 heteroatoms. The maximum atomic E-state index is 13.6. The Bertz CT molecular complexity index is 652. The summed E-state index contributed by atoms with van der Waals surface area (Å²) in [5.41, 5.74) is -0.503. The molecule has 1 atom stereocenters. The quantitative estimate of drug-likeness (QED) is 0.493. The van der Waals surface area contributed by atoms with Crippen molar-refractivity contribution in [1.82, 2.24) is 4.72 Å². The van der Waals surface area contributed by atoms with Gasteiger partial charge in [0.15, 0.2) is 0 Å². The predicted octanol–water partition coefficient (Wildman–Crippen LogP) is 1.81. The summed E-state index contributed by atoms with van der Waals surface area (Å²) in [6.07, 6.45) is 5.67. The van der Waals surface area contributed by atoms with Crippen LogP contribution in [0.2, 0.25) is 0 Å². The molecule has 0 saturated carbocycles. The lowest BCUT2D eigenvalue weighted by Crippen LogP contribution is -2.34. The lowest BCUT2D eigenvalue weighted by atomic mass is 10.2. The van der Waals surface area contributed by atoms with Crippen LogP contribution in [-0.2, 0) is 10.0 Å². The van der Waals surface area contributed by atoms with Gasteiger partial charge < -0.3 is 0 Å². The molecule has 0 aliphatic heterocycles. The van der Waals surface area contributed by atoms with E-state index >= 15 is 0 Å². The summed E-state index contributed by atoms with van der Waals surface area (Å²) in [5, 5.41) is 10.6. The van der Waals surface area contributed by atoms with Gasteiger partial charge in [0.2, 0.25) is 10.0 Å². The molecule has 1 unspecified atom stereocenters. The van der Waals surface area contributed by atoms with Gasteiger partial charge in [-0.25, -0.2) is 17.5 Å². The first kappa shape index (κ1) is 16.1. The van der Waals surface area contributed by atoms with E-state index in [-0.39, 0.29) is 6.42 Å². The van der Waals surface area contributed by atoms with Crippen molar-refractivity contribution < 1.29 is 17.7 Å². The highest BCUT2D eigenvalue weighted by atomic mass is 32.2. The number of hydrogen-bond acceptors (Lipinski definition) is 4. The van der Waals surface area contributed by atoms with Crippen molar-refractivity contribution in [2.45, 2.75) is 30.7 Å². The van der Waals surface area contributed by atoms with E-state index in [1.807, 2.05) is 0 Å². The topological polar surface area (TPSA) is 89.3 Å². The van der Waals surface area contributed by atoms with Gasteiger partial charge in [0.05, 0.1) is 4.92 Å². The van der Waals surface area contributed by atoms with Crippen LogP contribution in [0.15, 0.2) is 23.1 Å². The van der Waals surface area contributed by atoms with E-state index < -0.39 is 37.4 Å². The minimum absolute atomic E-state index is 0.145. The number of nitrogens with one attached hydrogen (secondary N) is 1. The third-order valence-electron chi connectivity index (χ3n) is 2.59. The lowest BCUT2D eigenvalue weighted by Gasteiger charge is -2.14. The van der Waals surface area contributed by atoms with Gasteiger partial charge in [-0.2, -0.15) is 0 Å². The first-order valence-corrected chi connectivity index (χ1v) is 7.20. The van der Waals surface area contributed by atoms with Crippen LogP contribution in [0.1, 0.15) is 19.8 Å². The minimum atomic E-state index is -4.21. The summed E-state index contributed by atoms with van der Waals surface area (Å²) in [7, 11) is -4.21. The van der Waals surface area contributed by atoms with Crippen molar-refractivity contribution in [3.8, 4) is 12.3 Å². The van der Waals surface area contributed by atoms with E-state index in [1.165, 1.54) is 0 Å². The van der Waals surface area contributed by atoms with Gasteiger partial charge in [0, 0.05) is 24.6 Å². The molecule has 0 saturated heterocycles. The van der Waals surface area contributed by atoms with Gasteiger partial charge >= 0.3 is 0 Å². The predicted molar refractivity (Wildman–Crippen MR) is 70.9 cm³/mol. The largest absolute Gasteiger partial charge is 0.270 e. The smallest absolute Gasteiger partial charge is 0.258 e. The molecule has 1 rings (SSSR count). The fourth-order valence-electron chi connectivity index (χ4n) is 1.51. The number of non-ortho nitro benzene ring substituents is 1. The average Bonchev–Trinajstić information content (AvgIpc) is 2.37. The van der Waals surface area contributed by atoms with E-state index in [2.05, 4.69) is 10.6 Å². The SMILES string of the molecule is C#CCC(CC)NS(=O)(=O)c1cc([N+](=O)[O-])ccc1F. The Labute approximate surface area is 116 Å². The van der Waals surface area contributed by atoms with Gasteiger partial charge in [-0.05, 0) is 12.5 Å². The highest BCUT2D eigenvalue weighted by Crippen LogP contribution is 2.21. The zero-order chi connectivity index (χ0) is 15.3. The lowest BCUT2D eigenvalue weighted by molar-refractivity contribution is -0.385. The number of rotatable bonds is 6. The number of benzene rings is 1. The number of nitro benzene ring substituents is 1. The fraction of sp³-hybridized carbons (Fsp3) is 0.333. The molecule has 108 valence electrons. The van der Waals surface area contributed by atoms with Gasteiger partial charge in [-0.1, -0.05) is 6.92 Å². The van der Waals surface area contributed by atoms with E-state index in [1.54, 1.807) is 6.92 Å². The van der Waals surface area contributed by atoms with Crippen LogP contribution >= 0.6 is 0 Å². The molecule has 0 fully saturated rings. The monoisotopic (exact) mass is 300 g/mol. The number of nitro groups is 1. The molecule has 0 radical (unpaired) electrons. The van der Waals surface area contributed by atoms with Crippen LogP contribution in [0.5, 0.6) is 0 Å². The molecule has 0 heterocycles. The summed E-state index contributed by atoms with van der Waals surface area (Å²) < 4.78 is 39.9. The molecule has 6 nitrogen and oxygen atoms in total. The molecule has 1 N–H and O–H groups in total. The van der Waals surface area contributed by atoms with Crippen LogP contribution in [0.3, 0.4) is 0 Å². The third kappa shape index (κ3) is 3.76. The molecule has 1 aromatic rings. The zero-order valence-electron chi connectivity index (χ0n) is 10.7. The molecule has 0 bridgehead atoms. The summed E-state index contributed by atoms with van der Waals surface area (Å²) >= 11 is 0. The normalized spacial score (nSPS) is 12.7. The Balaban J connectivity index is 3.18. The van der Waals surface area contributed by atoms with Gasteiger partial charge in [-0.15, -0.1) is 12.3 Å². The number of nitrogens with zero attached hydrogens (tertiary/aromatic N) is 1. The zero-order valence-corrected chi connectivity index (χ0v) is 11.5. The van der Waals surface area contributed by atoms with Crippen molar-refractivity contribution in [3.05, 3.63) is 34.1 Å². The van der Waals surface area contributed by atoms with Crippen LogP contribution < -0.4 is 4.72 Å². The average molecular weight is 300 g/mol. The van der Waals surface area contributed by atoms with Crippen LogP contribution in [0, 0.1) is 28.3 Å². The van der Waals surface area contributed by atoms with Crippen LogP contribution in [0.4, 0.5) is 10.1 Å². The summed E-state index contributed by atoms with van der Waals surface area (Å²) in [5.74, 6) is 1.25. The Morgan fingerprint density at radius 1 is 1.55 bits per heavy atom. The Morgan fingerprint density at radius 2 is 2.20 bits per heavy atom. The van der Waals surface area contributed by atoms with Gasteiger partial charge in [-0.3, -0.25) is 10.1 Å². The Hall–Kier alpha value is -1.98. The molecule has 0 aromatic heterocycles. The van der Waals surface area contributed by atoms with E-state index in [9.17, 15) is 22.9 Å². The Kier molecular flexibility index (Phi) is 5.19. The van der Waals surface area contributed by atoms with Crippen molar-refractivity contribution in [1.29, 1.82) is 0 Å². The molecular weight excluding hydrogens is 287 g/mol. The van der Waals surface area contributed by atoms with Crippen LogP contribution in [-0.4, -0.2) is 19.4 Å². The first-order chi connectivity index (χ1) is 9.31. The second-order valence-electron chi connectivity index (χ2n) is 4.01. The summed E-state index contributed by atoms with van der Waals surface area (Å²) in [4.78, 5) is 9.06. The molecule has 0 spiro atoms. The Morgan fingerprint density at radius 3 is 2.70 bits per heavy atom. The van der Waals surface area contributed by atoms with E-state index in [4.69, 9.17) is 6.42 Å². The molecule has 0 aliphatic carbocycles. The van der Waals surface area contributed by atoms with Crippen molar-refractivity contribution in [2.24, 2.45) is 0 Å². The number of hydrogen-bond donors (Lipinski definition) is 1. The van der Waals surface area contributed by atoms with Crippen molar-refractivity contribution in [3.63, 3.8) is 0 Å². The molecule has 0 amide bonds. The fourth-order valence-corrected chi connectivity index (χ4v) is 2.92. The third-order valence-corrected chi connectivity index (χ3v) is 4.13. The molecule has 0 aliphatic rings. The van der Waals surface area contributed by atoms with Gasteiger partial charge in [0.1, 0.15) is 10.7 Å². The number of terminal acetylenes is 1. The molecule has 20 heavy (non-hydrogen) atoms. The number of halogens is 1. The highest BCUT2D eigenvalue weighted by molar-refractivity contribution is 7.89.